The predicted octanol–water partition coefficient (Wildman–Crippen LogP) is 8.96. The summed E-state index contributed by atoms with van der Waals surface area (Å²) in [5.74, 6) is 1.72. The molecular formula is C47H66BrN7O6. The summed E-state index contributed by atoms with van der Waals surface area (Å²) in [4.78, 5) is 39.0. The van der Waals surface area contributed by atoms with E-state index >= 15 is 0 Å². The molecule has 4 saturated heterocycles. The summed E-state index contributed by atoms with van der Waals surface area (Å²) in [7, 11) is 0. The molecule has 4 aliphatic rings. The number of carbonyl (C=O) groups is 2. The zero-order valence-corrected chi connectivity index (χ0v) is 38.6. The molecule has 0 saturated carbocycles. The Bertz CT molecular complexity index is 2020. The lowest BCUT2D eigenvalue weighted by Gasteiger charge is -2.34. The van der Waals surface area contributed by atoms with Gasteiger partial charge in [0.1, 0.15) is 34.9 Å². The molecular weight excluding hydrogens is 838 g/mol. The van der Waals surface area contributed by atoms with Crippen LogP contribution in [0.15, 0.2) is 65.7 Å². The third-order valence-corrected chi connectivity index (χ3v) is 11.6. The first-order chi connectivity index (χ1) is 29.2. The van der Waals surface area contributed by atoms with E-state index in [4.69, 9.17) is 18.9 Å². The fourth-order valence-electron chi connectivity index (χ4n) is 7.82. The van der Waals surface area contributed by atoms with E-state index in [0.29, 0.717) is 26.2 Å². The van der Waals surface area contributed by atoms with Crippen molar-refractivity contribution in [3.05, 3.63) is 65.7 Å². The van der Waals surface area contributed by atoms with Crippen LogP contribution in [0.2, 0.25) is 0 Å². The van der Waals surface area contributed by atoms with Gasteiger partial charge in [-0.25, -0.2) is 9.59 Å². The van der Waals surface area contributed by atoms with Crippen LogP contribution in [0.5, 0.6) is 11.5 Å². The van der Waals surface area contributed by atoms with Gasteiger partial charge in [-0.2, -0.15) is 0 Å². The Balaban J connectivity index is 0.000000181. The van der Waals surface area contributed by atoms with Crippen LogP contribution in [0.4, 0.5) is 15.3 Å². The third-order valence-electron chi connectivity index (χ3n) is 10.9. The van der Waals surface area contributed by atoms with Gasteiger partial charge < -0.3 is 44.3 Å². The summed E-state index contributed by atoms with van der Waals surface area (Å²) < 4.78 is 24.6. The van der Waals surface area contributed by atoms with Crippen molar-refractivity contribution in [3.63, 3.8) is 0 Å². The number of ether oxygens (including phenoxy) is 4. The Morgan fingerprint density at radius 3 is 1.49 bits per heavy atom. The fourth-order valence-corrected chi connectivity index (χ4v) is 8.30. The standard InChI is InChI=1S/C24H33N3O3.C19H23BrN2O3.C4H10N2/c1-24(2,3)30-23(28)27-15-10-18(11-16-27)29-22-8-7-21(26-13-5-4-6-14-26)19-9-12-25-17-20(19)22;1-19(2,3)25-18(23)22-10-7-13(8-11-22)24-17-5-4-16(20)14-6-9-21-12-15(14)17;1-2-6-4-3-5-1/h7-9,12,17-18H,4-6,10-11,13-16H2,1-3H3;4-6,9,12-13H,7-8,10-11H2,1-3H3;5-6H,1-4H2. The number of carbonyl (C=O) groups excluding carboxylic acids is 2. The van der Waals surface area contributed by atoms with Crippen molar-refractivity contribution in [2.24, 2.45) is 0 Å². The van der Waals surface area contributed by atoms with Crippen LogP contribution in [-0.2, 0) is 9.47 Å². The first-order valence-corrected chi connectivity index (χ1v) is 22.9. The van der Waals surface area contributed by atoms with Crippen molar-refractivity contribution in [2.75, 3.05) is 70.3 Å². The van der Waals surface area contributed by atoms with Gasteiger partial charge in [0, 0.05) is 148 Å². The van der Waals surface area contributed by atoms with Crippen LogP contribution in [0.1, 0.15) is 86.5 Å². The number of piperidine rings is 3. The van der Waals surface area contributed by atoms with Crippen LogP contribution < -0.4 is 25.0 Å². The summed E-state index contributed by atoms with van der Waals surface area (Å²) >= 11 is 3.56. The van der Waals surface area contributed by atoms with Crippen molar-refractivity contribution in [1.82, 2.24) is 30.4 Å². The summed E-state index contributed by atoms with van der Waals surface area (Å²) in [5.41, 5.74) is 0.347. The van der Waals surface area contributed by atoms with E-state index in [0.717, 1.165) is 97.1 Å². The maximum atomic E-state index is 12.3. The molecule has 4 fully saturated rings. The normalized spacial score (nSPS) is 18.0. The number of rotatable bonds is 5. The quantitative estimate of drug-likeness (QED) is 0.199. The van der Waals surface area contributed by atoms with Crippen molar-refractivity contribution in [3.8, 4) is 11.5 Å². The number of hydrogen-bond donors (Lipinski definition) is 2. The zero-order valence-electron chi connectivity index (χ0n) is 37.0. The van der Waals surface area contributed by atoms with E-state index < -0.39 is 11.2 Å². The van der Waals surface area contributed by atoms with E-state index in [2.05, 4.69) is 59.6 Å². The second-order valence-corrected chi connectivity index (χ2v) is 18.9. The van der Waals surface area contributed by atoms with Gasteiger partial charge in [-0.1, -0.05) is 15.9 Å². The van der Waals surface area contributed by atoms with Gasteiger partial charge in [-0.15, -0.1) is 0 Å². The number of likely N-dealkylation sites (tertiary alicyclic amines) is 2. The number of nitrogens with zero attached hydrogens (tertiary/aromatic N) is 5. The molecule has 2 aromatic carbocycles. The van der Waals surface area contributed by atoms with Crippen molar-refractivity contribution >= 4 is 55.3 Å². The van der Waals surface area contributed by atoms with E-state index in [1.54, 1.807) is 16.0 Å². The number of amides is 2. The van der Waals surface area contributed by atoms with Crippen LogP contribution in [0, 0.1) is 0 Å². The van der Waals surface area contributed by atoms with E-state index in [1.807, 2.05) is 78.3 Å². The number of piperazine rings is 1. The molecule has 2 N–H and O–H groups in total. The highest BCUT2D eigenvalue weighted by molar-refractivity contribution is 9.10. The molecule has 6 heterocycles. The number of anilines is 1. The molecule has 0 spiro atoms. The second kappa shape index (κ2) is 21.6. The van der Waals surface area contributed by atoms with Crippen LogP contribution in [0.25, 0.3) is 21.5 Å². The number of hydrogen-bond acceptors (Lipinski definition) is 11. The summed E-state index contributed by atoms with van der Waals surface area (Å²) in [6, 6.07) is 12.3. The Morgan fingerprint density at radius 1 is 0.590 bits per heavy atom. The topological polar surface area (TPSA) is 131 Å². The number of pyridine rings is 2. The van der Waals surface area contributed by atoms with Gasteiger partial charge in [-0.3, -0.25) is 9.97 Å². The average Bonchev–Trinajstić information content (AvgIpc) is 3.25. The van der Waals surface area contributed by atoms with Crippen LogP contribution in [0.3, 0.4) is 0 Å². The lowest BCUT2D eigenvalue weighted by atomic mass is 10.0. The number of aromatic nitrogens is 2. The maximum absolute atomic E-state index is 12.3. The highest BCUT2D eigenvalue weighted by atomic mass is 79.9. The van der Waals surface area contributed by atoms with Gasteiger partial charge in [0.2, 0.25) is 0 Å². The van der Waals surface area contributed by atoms with Crippen molar-refractivity contribution in [2.45, 2.75) is 110 Å². The van der Waals surface area contributed by atoms with Crippen molar-refractivity contribution in [1.29, 1.82) is 0 Å². The predicted molar refractivity (Wildman–Crippen MR) is 246 cm³/mol. The largest absolute Gasteiger partial charge is 0.490 e. The number of nitrogens with one attached hydrogen (secondary N) is 2. The molecule has 61 heavy (non-hydrogen) atoms. The molecule has 13 nitrogen and oxygen atoms in total. The lowest BCUT2D eigenvalue weighted by molar-refractivity contribution is 0.0116. The average molecular weight is 905 g/mol. The molecule has 4 aromatic rings. The molecule has 0 unspecified atom stereocenters. The van der Waals surface area contributed by atoms with E-state index in [-0.39, 0.29) is 24.4 Å². The minimum Gasteiger partial charge on any atom is -0.490 e. The summed E-state index contributed by atoms with van der Waals surface area (Å²) in [6.45, 7) is 20.7. The molecule has 8 rings (SSSR count). The Kier molecular flexibility index (Phi) is 16.3. The van der Waals surface area contributed by atoms with Crippen LogP contribution >= 0.6 is 15.9 Å². The third kappa shape index (κ3) is 13.8. The first-order valence-electron chi connectivity index (χ1n) is 22.1. The van der Waals surface area contributed by atoms with Crippen LogP contribution in [-0.4, -0.2) is 121 Å². The molecule has 332 valence electrons. The van der Waals surface area contributed by atoms with Gasteiger partial charge in [0.15, 0.2) is 0 Å². The molecule has 4 aliphatic heterocycles. The molecule has 0 atom stereocenters. The first kappa shape index (κ1) is 46.1. The summed E-state index contributed by atoms with van der Waals surface area (Å²) in [5, 5.41) is 10.8. The second-order valence-electron chi connectivity index (χ2n) is 18.1. The minimum atomic E-state index is -0.466. The molecule has 14 heteroatoms. The smallest absolute Gasteiger partial charge is 0.410 e. The van der Waals surface area contributed by atoms with Crippen molar-refractivity contribution < 1.29 is 28.5 Å². The Labute approximate surface area is 370 Å². The minimum absolute atomic E-state index is 0.0864. The molecule has 0 radical (unpaired) electrons. The highest BCUT2D eigenvalue weighted by Crippen LogP contribution is 2.36. The number of fused-ring (bicyclic) bond motifs is 2. The number of benzene rings is 2. The number of halogens is 1. The maximum Gasteiger partial charge on any atom is 0.410 e. The zero-order chi connectivity index (χ0) is 43.4. The van der Waals surface area contributed by atoms with Gasteiger partial charge in [0.25, 0.3) is 0 Å². The summed E-state index contributed by atoms with van der Waals surface area (Å²) in [6.07, 6.45) is 14.1. The van der Waals surface area contributed by atoms with Gasteiger partial charge in [-0.05, 0) is 97.2 Å². The van der Waals surface area contributed by atoms with Gasteiger partial charge >= 0.3 is 12.2 Å². The SMILES string of the molecule is C1CNCCN1.CC(C)(C)OC(=O)N1CCC(Oc2ccc(Br)c3ccncc23)CC1.CC(C)(C)OC(=O)N1CCC(Oc2ccc(N3CCCCC3)c3ccncc23)CC1. The highest BCUT2D eigenvalue weighted by Gasteiger charge is 2.30. The van der Waals surface area contributed by atoms with Gasteiger partial charge in [0.05, 0.1) is 0 Å². The molecule has 0 aliphatic carbocycles. The Hall–Kier alpha value is -4.40. The fraction of sp³-hybridized carbons (Fsp3) is 0.574. The molecule has 2 aromatic heterocycles. The van der Waals surface area contributed by atoms with E-state index in [9.17, 15) is 9.59 Å². The monoisotopic (exact) mass is 903 g/mol. The van der Waals surface area contributed by atoms with E-state index in [1.165, 1.54) is 30.3 Å². The molecule has 0 bridgehead atoms. The Morgan fingerprint density at radius 2 is 1.03 bits per heavy atom. The molecule has 2 amide bonds. The lowest BCUT2D eigenvalue weighted by Crippen LogP contribution is -2.44.